The molecule has 0 aliphatic heterocycles. The van der Waals surface area contributed by atoms with Crippen LogP contribution in [0.2, 0.25) is 0 Å². The van der Waals surface area contributed by atoms with E-state index in [0.29, 0.717) is 0 Å². The first-order valence-corrected chi connectivity index (χ1v) is 5.79. The molecular weight excluding hydrogens is 286 g/mol. The SMILES string of the molecule is CCOC(=O)[C@H](O)CNC(=O)c1ncc(C(=O)O)c(O)n1. The lowest BCUT2D eigenvalue weighted by molar-refractivity contribution is -0.152. The second kappa shape index (κ2) is 7.14. The van der Waals surface area contributed by atoms with Gasteiger partial charge in [-0.3, -0.25) is 4.79 Å². The Morgan fingerprint density at radius 2 is 2.10 bits per heavy atom. The van der Waals surface area contributed by atoms with Gasteiger partial charge < -0.3 is 25.4 Å². The Bertz CT molecular complexity index is 561. The third kappa shape index (κ3) is 4.38. The number of hydrogen-bond donors (Lipinski definition) is 4. The molecule has 114 valence electrons. The smallest absolute Gasteiger partial charge is 0.342 e. The minimum absolute atomic E-state index is 0.0808. The highest BCUT2D eigenvalue weighted by Gasteiger charge is 2.20. The summed E-state index contributed by atoms with van der Waals surface area (Å²) in [6, 6.07) is 0. The van der Waals surface area contributed by atoms with Crippen molar-refractivity contribution in [3.8, 4) is 5.88 Å². The maximum Gasteiger partial charge on any atom is 0.342 e. The van der Waals surface area contributed by atoms with Crippen molar-refractivity contribution in [2.24, 2.45) is 0 Å². The summed E-state index contributed by atoms with van der Waals surface area (Å²) in [4.78, 5) is 40.1. The van der Waals surface area contributed by atoms with Crippen LogP contribution in [0.3, 0.4) is 0 Å². The molecule has 0 radical (unpaired) electrons. The molecular formula is C11H13N3O7. The lowest BCUT2D eigenvalue weighted by atomic mass is 10.3. The van der Waals surface area contributed by atoms with E-state index in [-0.39, 0.29) is 6.61 Å². The Kier molecular flexibility index (Phi) is 5.55. The number of amides is 1. The van der Waals surface area contributed by atoms with Crippen LogP contribution in [0.4, 0.5) is 0 Å². The zero-order valence-electron chi connectivity index (χ0n) is 10.9. The molecule has 21 heavy (non-hydrogen) atoms. The Hall–Kier alpha value is -2.75. The van der Waals surface area contributed by atoms with Gasteiger partial charge in [0.05, 0.1) is 13.2 Å². The molecule has 1 heterocycles. The number of aromatic hydroxyl groups is 1. The van der Waals surface area contributed by atoms with Crippen LogP contribution in [0.15, 0.2) is 6.20 Å². The number of aliphatic hydroxyl groups excluding tert-OH is 1. The van der Waals surface area contributed by atoms with Crippen LogP contribution in [0.25, 0.3) is 0 Å². The minimum atomic E-state index is -1.55. The summed E-state index contributed by atoms with van der Waals surface area (Å²) in [5.74, 6) is -4.62. The molecule has 0 aliphatic carbocycles. The van der Waals surface area contributed by atoms with Crippen LogP contribution in [-0.2, 0) is 9.53 Å². The number of aliphatic hydroxyl groups is 1. The normalized spacial score (nSPS) is 11.5. The third-order valence-corrected chi connectivity index (χ3v) is 2.22. The van der Waals surface area contributed by atoms with E-state index >= 15 is 0 Å². The number of carboxylic acids is 1. The number of hydrogen-bond acceptors (Lipinski definition) is 8. The number of nitrogens with one attached hydrogen (secondary N) is 1. The topological polar surface area (TPSA) is 159 Å². The molecule has 0 bridgehead atoms. The maximum absolute atomic E-state index is 11.6. The molecule has 0 spiro atoms. The van der Waals surface area contributed by atoms with Gasteiger partial charge in [-0.1, -0.05) is 0 Å². The molecule has 0 aromatic carbocycles. The van der Waals surface area contributed by atoms with Gasteiger partial charge in [-0.15, -0.1) is 0 Å². The van der Waals surface area contributed by atoms with E-state index < -0.39 is 47.8 Å². The molecule has 4 N–H and O–H groups in total. The first-order chi connectivity index (χ1) is 9.86. The number of carbonyl (C=O) groups is 3. The highest BCUT2D eigenvalue weighted by atomic mass is 16.5. The van der Waals surface area contributed by atoms with Crippen LogP contribution < -0.4 is 5.32 Å². The summed E-state index contributed by atoms with van der Waals surface area (Å²) >= 11 is 0. The molecule has 0 aliphatic rings. The van der Waals surface area contributed by atoms with Gasteiger partial charge in [0.2, 0.25) is 11.7 Å². The van der Waals surface area contributed by atoms with Crippen molar-refractivity contribution in [1.82, 2.24) is 15.3 Å². The quantitative estimate of drug-likeness (QED) is 0.460. The number of aromatic nitrogens is 2. The Morgan fingerprint density at radius 3 is 2.62 bits per heavy atom. The highest BCUT2D eigenvalue weighted by molar-refractivity contribution is 5.93. The first kappa shape index (κ1) is 16.3. The molecule has 10 nitrogen and oxygen atoms in total. The van der Waals surface area contributed by atoms with E-state index in [2.05, 4.69) is 20.0 Å². The van der Waals surface area contributed by atoms with E-state index in [0.717, 1.165) is 6.20 Å². The van der Waals surface area contributed by atoms with E-state index in [1.165, 1.54) is 0 Å². The van der Waals surface area contributed by atoms with Gasteiger partial charge in [0, 0.05) is 6.20 Å². The highest BCUT2D eigenvalue weighted by Crippen LogP contribution is 2.11. The summed E-state index contributed by atoms with van der Waals surface area (Å²) in [6.45, 7) is 1.20. The number of aromatic carboxylic acids is 1. The van der Waals surface area contributed by atoms with Gasteiger partial charge >= 0.3 is 11.9 Å². The van der Waals surface area contributed by atoms with Crippen molar-refractivity contribution in [2.75, 3.05) is 13.2 Å². The lowest BCUT2D eigenvalue weighted by Gasteiger charge is -2.10. The van der Waals surface area contributed by atoms with Crippen LogP contribution in [-0.4, -0.2) is 62.4 Å². The lowest BCUT2D eigenvalue weighted by Crippen LogP contribution is -2.38. The monoisotopic (exact) mass is 299 g/mol. The molecule has 10 heteroatoms. The number of carboxylic acid groups (broad SMARTS) is 1. The van der Waals surface area contributed by atoms with Crippen molar-refractivity contribution < 1.29 is 34.4 Å². The molecule has 0 fully saturated rings. The minimum Gasteiger partial charge on any atom is -0.493 e. The molecule has 1 rings (SSSR count). The van der Waals surface area contributed by atoms with Gasteiger partial charge in [-0.05, 0) is 6.92 Å². The first-order valence-electron chi connectivity index (χ1n) is 5.79. The Labute approximate surface area is 118 Å². The zero-order valence-corrected chi connectivity index (χ0v) is 10.9. The van der Waals surface area contributed by atoms with Gasteiger partial charge in [-0.25, -0.2) is 14.6 Å². The van der Waals surface area contributed by atoms with E-state index in [1.54, 1.807) is 6.92 Å². The van der Waals surface area contributed by atoms with Crippen molar-refractivity contribution in [3.63, 3.8) is 0 Å². The molecule has 1 atom stereocenters. The number of rotatable bonds is 6. The summed E-state index contributed by atoms with van der Waals surface area (Å²) in [5.41, 5.74) is -0.557. The molecule has 1 aromatic heterocycles. The summed E-state index contributed by atoms with van der Waals surface area (Å²) < 4.78 is 4.53. The van der Waals surface area contributed by atoms with Gasteiger partial charge in [0.15, 0.2) is 6.10 Å². The van der Waals surface area contributed by atoms with Crippen molar-refractivity contribution in [3.05, 3.63) is 17.6 Å². The number of nitrogens with zero attached hydrogens (tertiary/aromatic N) is 2. The van der Waals surface area contributed by atoms with Crippen LogP contribution in [0, 0.1) is 0 Å². The summed E-state index contributed by atoms with van der Waals surface area (Å²) in [5, 5.41) is 29.5. The standard InChI is InChI=1S/C11H13N3O7/c1-2-21-11(20)6(15)4-13-9(17)7-12-3-5(10(18)19)8(16)14-7/h3,6,15H,2,4H2,1H3,(H,13,17)(H,18,19)(H,12,14,16)/t6-/m1/s1. The third-order valence-electron chi connectivity index (χ3n) is 2.22. The van der Waals surface area contributed by atoms with Crippen molar-refractivity contribution in [1.29, 1.82) is 0 Å². The van der Waals surface area contributed by atoms with E-state index in [1.807, 2.05) is 0 Å². The molecule has 0 saturated carbocycles. The van der Waals surface area contributed by atoms with E-state index in [9.17, 15) is 24.6 Å². The second-order valence-corrected chi connectivity index (χ2v) is 3.71. The van der Waals surface area contributed by atoms with E-state index in [4.69, 9.17) is 5.11 Å². The Morgan fingerprint density at radius 1 is 1.43 bits per heavy atom. The van der Waals surface area contributed by atoms with Crippen LogP contribution in [0.1, 0.15) is 27.9 Å². The zero-order chi connectivity index (χ0) is 16.0. The molecule has 1 amide bonds. The maximum atomic E-state index is 11.6. The van der Waals surface area contributed by atoms with Crippen LogP contribution in [0.5, 0.6) is 5.88 Å². The number of carbonyl (C=O) groups excluding carboxylic acids is 2. The second-order valence-electron chi connectivity index (χ2n) is 3.71. The predicted molar refractivity (Wildman–Crippen MR) is 65.6 cm³/mol. The Balaban J connectivity index is 2.66. The fourth-order valence-corrected chi connectivity index (χ4v) is 1.22. The van der Waals surface area contributed by atoms with Crippen molar-refractivity contribution >= 4 is 17.8 Å². The van der Waals surface area contributed by atoms with Crippen molar-refractivity contribution in [2.45, 2.75) is 13.0 Å². The van der Waals surface area contributed by atoms with Gasteiger partial charge in [-0.2, -0.15) is 4.98 Å². The fraction of sp³-hybridized carbons (Fsp3) is 0.364. The number of ether oxygens (including phenoxy) is 1. The summed E-state index contributed by atoms with van der Waals surface area (Å²) in [7, 11) is 0. The van der Waals surface area contributed by atoms with Gasteiger partial charge in [0.1, 0.15) is 5.56 Å². The number of esters is 1. The predicted octanol–water partition coefficient (Wildman–Crippen LogP) is -1.47. The summed E-state index contributed by atoms with van der Waals surface area (Å²) in [6.07, 6.45) is -0.790. The average molecular weight is 299 g/mol. The largest absolute Gasteiger partial charge is 0.493 e. The molecule has 0 unspecified atom stereocenters. The average Bonchev–Trinajstić information content (AvgIpc) is 2.43. The fourth-order valence-electron chi connectivity index (χ4n) is 1.22. The van der Waals surface area contributed by atoms with Crippen LogP contribution >= 0.6 is 0 Å². The van der Waals surface area contributed by atoms with Gasteiger partial charge in [0.25, 0.3) is 5.91 Å². The molecule has 1 aromatic rings. The molecule has 0 saturated heterocycles.